The normalized spacial score (nSPS) is 35.1. The van der Waals surface area contributed by atoms with Gasteiger partial charge in [0.2, 0.25) is 0 Å². The van der Waals surface area contributed by atoms with Crippen molar-refractivity contribution >= 4 is 0 Å². The second-order valence-corrected chi connectivity index (χ2v) is 5.17. The Balaban J connectivity index is 0.000000132. The summed E-state index contributed by atoms with van der Waals surface area (Å²) in [4.78, 5) is 0. The molecule has 2 aliphatic rings. The second kappa shape index (κ2) is 4.45. The molecular weight excluding hydrogens is 158 g/mol. The summed E-state index contributed by atoms with van der Waals surface area (Å²) >= 11 is 0. The quantitative estimate of drug-likeness (QED) is 0.658. The fraction of sp³-hybridized carbons (Fsp3) is 1.00. The maximum Gasteiger partial charge on any atom is 0.00648 e. The maximum atomic E-state index is 3.37. The van der Waals surface area contributed by atoms with Gasteiger partial charge in [0.15, 0.2) is 0 Å². The van der Waals surface area contributed by atoms with E-state index in [-0.39, 0.29) is 0 Å². The number of hydrogen-bond acceptors (Lipinski definition) is 1. The van der Waals surface area contributed by atoms with Gasteiger partial charge >= 0.3 is 0 Å². The summed E-state index contributed by atoms with van der Waals surface area (Å²) in [6, 6.07) is 0.764. The third-order valence-corrected chi connectivity index (χ3v) is 3.88. The summed E-state index contributed by atoms with van der Waals surface area (Å²) in [6.45, 7) is 10.4. The van der Waals surface area contributed by atoms with Crippen molar-refractivity contribution in [3.8, 4) is 0 Å². The highest BCUT2D eigenvalue weighted by atomic mass is 14.9. The zero-order chi connectivity index (χ0) is 9.90. The number of hydrogen-bond donors (Lipinski definition) is 1. The Hall–Kier alpha value is -0.0400. The summed E-state index contributed by atoms with van der Waals surface area (Å²) in [6.07, 6.45) is 5.70. The van der Waals surface area contributed by atoms with Crippen molar-refractivity contribution < 1.29 is 0 Å². The van der Waals surface area contributed by atoms with Gasteiger partial charge < -0.3 is 5.32 Å². The van der Waals surface area contributed by atoms with E-state index >= 15 is 0 Å². The smallest absolute Gasteiger partial charge is 0.00648 e. The van der Waals surface area contributed by atoms with Crippen LogP contribution in [0.3, 0.4) is 0 Å². The molecule has 0 amide bonds. The van der Waals surface area contributed by atoms with E-state index in [0.717, 1.165) is 17.4 Å². The fourth-order valence-electron chi connectivity index (χ4n) is 1.56. The molecule has 0 bridgehead atoms. The van der Waals surface area contributed by atoms with Crippen molar-refractivity contribution in [3.05, 3.63) is 0 Å². The molecule has 1 N–H and O–H groups in total. The van der Waals surface area contributed by atoms with Crippen LogP contribution >= 0.6 is 0 Å². The van der Waals surface area contributed by atoms with Crippen LogP contribution in [-0.2, 0) is 0 Å². The lowest BCUT2D eigenvalue weighted by atomic mass is 10.1. The lowest BCUT2D eigenvalue weighted by Gasteiger charge is -2.05. The van der Waals surface area contributed by atoms with Crippen LogP contribution in [0, 0.1) is 11.3 Å². The predicted molar refractivity (Wildman–Crippen MR) is 58.9 cm³/mol. The van der Waals surface area contributed by atoms with Crippen LogP contribution < -0.4 is 5.32 Å². The van der Waals surface area contributed by atoms with Crippen molar-refractivity contribution in [1.29, 1.82) is 0 Å². The summed E-state index contributed by atoms with van der Waals surface area (Å²) in [5, 5.41) is 3.37. The van der Waals surface area contributed by atoms with Crippen LogP contribution in [0.25, 0.3) is 0 Å². The van der Waals surface area contributed by atoms with E-state index in [0.29, 0.717) is 0 Å². The van der Waals surface area contributed by atoms with Gasteiger partial charge in [0.05, 0.1) is 0 Å². The van der Waals surface area contributed by atoms with Gasteiger partial charge in [-0.05, 0) is 44.1 Å². The van der Waals surface area contributed by atoms with Gasteiger partial charge in [-0.15, -0.1) is 0 Å². The minimum Gasteiger partial charge on any atom is -0.314 e. The van der Waals surface area contributed by atoms with Gasteiger partial charge in [-0.25, -0.2) is 0 Å². The van der Waals surface area contributed by atoms with Crippen LogP contribution in [-0.4, -0.2) is 12.6 Å². The van der Waals surface area contributed by atoms with Crippen LogP contribution in [0.1, 0.15) is 53.4 Å². The van der Waals surface area contributed by atoms with Crippen molar-refractivity contribution in [1.82, 2.24) is 5.32 Å². The molecule has 0 aromatic carbocycles. The summed E-state index contributed by atoms with van der Waals surface area (Å²) in [5.74, 6) is 0.903. The Bertz CT molecular complexity index is 141. The Kier molecular flexibility index (Phi) is 3.78. The lowest BCUT2D eigenvalue weighted by molar-refractivity contribution is 0.519. The Morgan fingerprint density at radius 2 is 1.92 bits per heavy atom. The zero-order valence-electron chi connectivity index (χ0n) is 9.69. The third-order valence-electron chi connectivity index (χ3n) is 3.88. The molecule has 2 atom stereocenters. The minimum atomic E-state index is 0.764. The van der Waals surface area contributed by atoms with E-state index < -0.39 is 0 Å². The van der Waals surface area contributed by atoms with E-state index in [9.17, 15) is 0 Å². The lowest BCUT2D eigenvalue weighted by Crippen LogP contribution is -2.20. The fourth-order valence-corrected chi connectivity index (χ4v) is 1.56. The molecule has 1 aliphatic heterocycles. The molecular formula is C12H25N. The van der Waals surface area contributed by atoms with Gasteiger partial charge in [-0.2, -0.15) is 0 Å². The zero-order valence-corrected chi connectivity index (χ0v) is 9.69. The first-order valence-corrected chi connectivity index (χ1v) is 5.81. The standard InChI is InChI=1S/C6H13N.C6H12/c1-5-3-4-7-6(5)2;1-3-6(2)4-5-6/h5-7H,3-4H2,1-2H3;3-5H2,1-2H3. The predicted octanol–water partition coefficient (Wildman–Crippen LogP) is 3.20. The van der Waals surface area contributed by atoms with Crippen molar-refractivity contribution in [2.75, 3.05) is 6.54 Å². The topological polar surface area (TPSA) is 12.0 Å². The van der Waals surface area contributed by atoms with E-state index in [1.54, 1.807) is 0 Å². The van der Waals surface area contributed by atoms with Crippen molar-refractivity contribution in [3.63, 3.8) is 0 Å². The van der Waals surface area contributed by atoms with E-state index in [1.165, 1.54) is 32.2 Å². The van der Waals surface area contributed by atoms with Crippen LogP contribution in [0.5, 0.6) is 0 Å². The Labute approximate surface area is 83.3 Å². The number of nitrogens with one attached hydrogen (secondary N) is 1. The molecule has 1 heterocycles. The van der Waals surface area contributed by atoms with Crippen molar-refractivity contribution in [2.45, 2.75) is 59.4 Å². The first-order chi connectivity index (χ1) is 6.07. The van der Waals surface area contributed by atoms with Gasteiger partial charge in [0.25, 0.3) is 0 Å². The maximum absolute atomic E-state index is 3.37. The summed E-state index contributed by atoms with van der Waals surface area (Å²) < 4.78 is 0. The number of rotatable bonds is 1. The first-order valence-electron chi connectivity index (χ1n) is 5.81. The van der Waals surface area contributed by atoms with Crippen LogP contribution in [0.4, 0.5) is 0 Å². The molecule has 0 radical (unpaired) electrons. The molecule has 1 saturated carbocycles. The van der Waals surface area contributed by atoms with Gasteiger partial charge in [0.1, 0.15) is 0 Å². The highest BCUT2D eigenvalue weighted by Gasteiger charge is 2.34. The Morgan fingerprint density at radius 3 is 2.00 bits per heavy atom. The average molecular weight is 183 g/mol. The molecule has 0 aromatic heterocycles. The molecule has 1 nitrogen and oxygen atoms in total. The van der Waals surface area contributed by atoms with E-state index in [2.05, 4.69) is 33.0 Å². The largest absolute Gasteiger partial charge is 0.314 e. The highest BCUT2D eigenvalue weighted by molar-refractivity contribution is 4.86. The van der Waals surface area contributed by atoms with E-state index in [4.69, 9.17) is 0 Å². The Morgan fingerprint density at radius 1 is 1.31 bits per heavy atom. The monoisotopic (exact) mass is 183 g/mol. The first kappa shape index (κ1) is 11.0. The van der Waals surface area contributed by atoms with E-state index in [1.807, 2.05) is 0 Å². The summed E-state index contributed by atoms with van der Waals surface area (Å²) in [5.41, 5.74) is 0.792. The average Bonchev–Trinajstić information content (AvgIpc) is 2.75. The van der Waals surface area contributed by atoms with Gasteiger partial charge in [-0.1, -0.05) is 27.2 Å². The molecule has 1 saturated heterocycles. The third kappa shape index (κ3) is 3.68. The molecule has 0 aromatic rings. The second-order valence-electron chi connectivity index (χ2n) is 5.17. The van der Waals surface area contributed by atoms with Crippen LogP contribution in [0.15, 0.2) is 0 Å². The molecule has 2 unspecified atom stereocenters. The molecule has 0 spiro atoms. The molecule has 2 fully saturated rings. The molecule has 1 heteroatoms. The van der Waals surface area contributed by atoms with Crippen molar-refractivity contribution in [2.24, 2.45) is 11.3 Å². The van der Waals surface area contributed by atoms with Gasteiger partial charge in [-0.3, -0.25) is 0 Å². The molecule has 13 heavy (non-hydrogen) atoms. The minimum absolute atomic E-state index is 0.764. The molecule has 78 valence electrons. The molecule has 1 aliphatic carbocycles. The van der Waals surface area contributed by atoms with Crippen LogP contribution in [0.2, 0.25) is 0 Å². The SMILES string of the molecule is CC1CCNC1C.CCC1(C)CC1. The summed E-state index contributed by atoms with van der Waals surface area (Å²) in [7, 11) is 0. The highest BCUT2D eigenvalue weighted by Crippen LogP contribution is 2.47. The van der Waals surface area contributed by atoms with Gasteiger partial charge in [0, 0.05) is 6.04 Å². The molecule has 2 rings (SSSR count).